The first-order chi connectivity index (χ1) is 28.9. The fraction of sp³-hybridized carbons (Fsp3) is 0.435. The number of carbonyl (C=O) groups is 6. The van der Waals surface area contributed by atoms with E-state index in [-0.39, 0.29) is 35.3 Å². The maximum atomic E-state index is 15.2. The molecule has 2 bridgehead atoms. The van der Waals surface area contributed by atoms with E-state index in [4.69, 9.17) is 23.7 Å². The molecule has 0 spiro atoms. The molecule has 4 N–H and O–H groups in total. The zero-order valence-corrected chi connectivity index (χ0v) is 34.3. The minimum absolute atomic E-state index is 0.00524. The van der Waals surface area contributed by atoms with Gasteiger partial charge in [0, 0.05) is 37.7 Å². The van der Waals surface area contributed by atoms with Gasteiger partial charge in [0.05, 0.1) is 36.2 Å². The molecule has 61 heavy (non-hydrogen) atoms. The smallest absolute Gasteiger partial charge is 0.338 e. The van der Waals surface area contributed by atoms with E-state index < -0.39 is 113 Å². The van der Waals surface area contributed by atoms with Crippen LogP contribution in [0.3, 0.4) is 0 Å². The Kier molecular flexibility index (Phi) is 11.8. The number of esters is 4. The number of hydrogen-bond acceptors (Lipinski definition) is 14. The molecule has 3 fully saturated rings. The summed E-state index contributed by atoms with van der Waals surface area (Å²) in [6.07, 6.45) is -10.3. The van der Waals surface area contributed by atoms with Crippen LogP contribution in [0, 0.1) is 17.3 Å². The number of ether oxygens (including phenoxy) is 5. The van der Waals surface area contributed by atoms with Crippen molar-refractivity contribution >= 4 is 35.6 Å². The van der Waals surface area contributed by atoms with Crippen LogP contribution in [-0.4, -0.2) is 105 Å². The third kappa shape index (κ3) is 7.64. The van der Waals surface area contributed by atoms with Crippen LogP contribution in [0.25, 0.3) is 0 Å². The summed E-state index contributed by atoms with van der Waals surface area (Å²) < 4.78 is 30.0. The van der Waals surface area contributed by atoms with Crippen LogP contribution >= 0.6 is 0 Å². The number of aliphatic hydroxyl groups is 3. The number of carbonyl (C=O) groups excluding carboxylic acids is 6. The Bertz CT molecular complexity index is 2230. The Morgan fingerprint density at radius 1 is 0.836 bits per heavy atom. The van der Waals surface area contributed by atoms with E-state index in [0.29, 0.717) is 5.56 Å². The maximum Gasteiger partial charge on any atom is 0.338 e. The Labute approximate surface area is 352 Å². The van der Waals surface area contributed by atoms with Crippen LogP contribution in [0.5, 0.6) is 0 Å². The average molecular weight is 840 g/mol. The molecule has 1 aliphatic heterocycles. The van der Waals surface area contributed by atoms with E-state index in [1.54, 1.807) is 92.7 Å². The van der Waals surface area contributed by atoms with E-state index in [1.807, 2.05) is 0 Å². The van der Waals surface area contributed by atoms with Crippen molar-refractivity contribution in [1.29, 1.82) is 0 Å². The second-order valence-corrected chi connectivity index (χ2v) is 16.7. The number of rotatable bonds is 10. The predicted molar refractivity (Wildman–Crippen MR) is 213 cm³/mol. The number of amides is 1. The molecule has 15 heteroatoms. The van der Waals surface area contributed by atoms with Gasteiger partial charge in [-0.1, -0.05) is 80.6 Å². The Hall–Kier alpha value is -5.74. The lowest BCUT2D eigenvalue weighted by molar-refractivity contribution is -0.332. The summed E-state index contributed by atoms with van der Waals surface area (Å²) in [7, 11) is 0. The summed E-state index contributed by atoms with van der Waals surface area (Å²) in [6.45, 7) is 6.58. The topological polar surface area (TPSA) is 221 Å². The summed E-state index contributed by atoms with van der Waals surface area (Å²) in [4.78, 5) is 82.7. The summed E-state index contributed by atoms with van der Waals surface area (Å²) in [5.41, 5.74) is -4.87. The molecule has 2 saturated carbocycles. The molecule has 4 aliphatic rings. The zero-order chi connectivity index (χ0) is 44.0. The number of ketones is 1. The molecule has 0 aromatic heterocycles. The first kappa shape index (κ1) is 43.4. The van der Waals surface area contributed by atoms with Crippen LogP contribution in [0.15, 0.2) is 102 Å². The third-order valence-electron chi connectivity index (χ3n) is 12.8. The minimum atomic E-state index is -2.37. The number of hydrogen-bond donors (Lipinski definition) is 4. The van der Waals surface area contributed by atoms with Crippen LogP contribution in [0.2, 0.25) is 0 Å². The van der Waals surface area contributed by atoms with Gasteiger partial charge in [-0.2, -0.15) is 0 Å². The molecule has 11 unspecified atom stereocenters. The fourth-order valence-electron chi connectivity index (χ4n) is 9.81. The van der Waals surface area contributed by atoms with Crippen molar-refractivity contribution in [3.63, 3.8) is 0 Å². The monoisotopic (exact) mass is 839 g/mol. The van der Waals surface area contributed by atoms with Crippen molar-refractivity contribution < 1.29 is 67.8 Å². The van der Waals surface area contributed by atoms with Gasteiger partial charge in [0.2, 0.25) is 0 Å². The van der Waals surface area contributed by atoms with Crippen LogP contribution < -0.4 is 5.32 Å². The molecule has 15 nitrogen and oxygen atoms in total. The van der Waals surface area contributed by atoms with Crippen molar-refractivity contribution in [2.24, 2.45) is 17.3 Å². The first-order valence-electron chi connectivity index (χ1n) is 20.1. The van der Waals surface area contributed by atoms with Crippen LogP contribution in [0.1, 0.15) is 79.8 Å². The van der Waals surface area contributed by atoms with E-state index in [0.717, 1.165) is 13.8 Å². The third-order valence-corrected chi connectivity index (χ3v) is 12.8. The molecule has 0 radical (unpaired) electrons. The Morgan fingerprint density at radius 3 is 1.98 bits per heavy atom. The molecular formula is C46H49NO14. The van der Waals surface area contributed by atoms with Crippen molar-refractivity contribution in [2.45, 2.75) is 101 Å². The highest BCUT2D eigenvalue weighted by Crippen LogP contribution is 2.61. The van der Waals surface area contributed by atoms with E-state index in [9.17, 15) is 39.3 Å². The van der Waals surface area contributed by atoms with E-state index >= 15 is 4.79 Å². The van der Waals surface area contributed by atoms with Crippen LogP contribution in [-0.2, 0) is 42.9 Å². The Morgan fingerprint density at radius 2 is 1.43 bits per heavy atom. The van der Waals surface area contributed by atoms with Gasteiger partial charge in [0.1, 0.15) is 23.9 Å². The van der Waals surface area contributed by atoms with E-state index in [1.165, 1.54) is 19.1 Å². The second kappa shape index (κ2) is 16.6. The maximum absolute atomic E-state index is 15.2. The predicted octanol–water partition coefficient (Wildman–Crippen LogP) is 3.35. The lowest BCUT2D eigenvalue weighted by Gasteiger charge is -2.64. The largest absolute Gasteiger partial charge is 0.456 e. The molecule has 3 aliphatic carbocycles. The SMILES string of the molecule is CC(=O)OC1C(=O)C2C(O)CC3OCC3(OC(C)=O)C2C(OC(=O)c2ccccc2)C2(O)CC(OC(=O)C(O)C(NC(=O)c3ccccc3)c3ccccc3)C(C)=C1C2(C)C. The summed E-state index contributed by atoms with van der Waals surface area (Å²) >= 11 is 0. The quantitative estimate of drug-likeness (QED) is 0.131. The van der Waals surface area contributed by atoms with Gasteiger partial charge in [-0.25, -0.2) is 9.59 Å². The molecule has 3 aromatic rings. The van der Waals surface area contributed by atoms with Crippen molar-refractivity contribution in [3.05, 3.63) is 119 Å². The molecule has 1 saturated heterocycles. The second-order valence-electron chi connectivity index (χ2n) is 16.7. The molecule has 7 rings (SSSR count). The fourth-order valence-corrected chi connectivity index (χ4v) is 9.81. The summed E-state index contributed by atoms with van der Waals surface area (Å²) in [6, 6.07) is 22.9. The van der Waals surface area contributed by atoms with Gasteiger partial charge in [0.25, 0.3) is 5.91 Å². The number of benzene rings is 3. The van der Waals surface area contributed by atoms with E-state index in [2.05, 4.69) is 5.32 Å². The number of fused-ring (bicyclic) bond motifs is 5. The molecule has 3 aromatic carbocycles. The highest BCUT2D eigenvalue weighted by atomic mass is 16.6. The summed E-state index contributed by atoms with van der Waals surface area (Å²) in [5.74, 6) is -8.30. The molecule has 1 heterocycles. The summed E-state index contributed by atoms with van der Waals surface area (Å²) in [5, 5.41) is 39.8. The van der Waals surface area contributed by atoms with Gasteiger partial charge >= 0.3 is 23.9 Å². The lowest BCUT2D eigenvalue weighted by Crippen LogP contribution is -2.79. The lowest BCUT2D eigenvalue weighted by atomic mass is 9.48. The molecule has 322 valence electrons. The van der Waals surface area contributed by atoms with Gasteiger partial charge in [-0.15, -0.1) is 0 Å². The van der Waals surface area contributed by atoms with Gasteiger partial charge < -0.3 is 44.3 Å². The number of nitrogens with one attached hydrogen (secondary N) is 1. The van der Waals surface area contributed by atoms with Crippen molar-refractivity contribution in [2.75, 3.05) is 6.61 Å². The highest BCUT2D eigenvalue weighted by molar-refractivity contribution is 5.95. The Balaban J connectivity index is 1.36. The van der Waals surface area contributed by atoms with Crippen molar-refractivity contribution in [1.82, 2.24) is 5.32 Å². The normalized spacial score (nSPS) is 31.0. The average Bonchev–Trinajstić information content (AvgIpc) is 3.22. The molecule has 11 atom stereocenters. The molecule has 1 amide bonds. The van der Waals surface area contributed by atoms with Crippen molar-refractivity contribution in [3.8, 4) is 0 Å². The standard InChI is InChI=1S/C46H49NO14/c1-24-31(59-43(55)38(52)36(27-15-9-6-10-16-27)47-41(53)28-17-11-7-12-18-28)22-46(56)40(60-42(54)29-19-13-8-14-20-29)35-33(30(50)21-32-45(35,23-57-32)61-26(3)49)37(51)39(58-25(2)48)34(24)44(46,4)5/h6-20,30-33,35-36,38-40,50,52,56H,21-23H2,1-5H3,(H,47,53). The van der Waals surface area contributed by atoms with Gasteiger partial charge in [-0.05, 0) is 47.9 Å². The zero-order valence-electron chi connectivity index (χ0n) is 34.3. The van der Waals surface area contributed by atoms with Gasteiger partial charge in [-0.3, -0.25) is 19.2 Å². The van der Waals surface area contributed by atoms with Crippen LogP contribution in [0.4, 0.5) is 0 Å². The van der Waals surface area contributed by atoms with Gasteiger partial charge in [0.15, 0.2) is 23.6 Å². The number of Topliss-reactive ketones (excluding diaryl/α,β-unsaturated/α-hetero) is 1. The highest BCUT2D eigenvalue weighted by Gasteiger charge is 2.75. The molecular weight excluding hydrogens is 790 g/mol. The number of aliphatic hydroxyl groups excluding tert-OH is 2. The minimum Gasteiger partial charge on any atom is -0.456 e. The first-order valence-corrected chi connectivity index (χ1v) is 20.1.